The normalized spacial score (nSPS) is 10.0. The number of nitrogens with one attached hydrogen (secondary N) is 1. The number of hydrogen-bond acceptors (Lipinski definition) is 4. The van der Waals surface area contributed by atoms with E-state index in [1.54, 1.807) is 6.07 Å². The standard InChI is InChI=1S/C16H17N3O3/c17-13-8-12(6-7-14(13)22-10-15(18)20)16(21)19-9-11-4-2-1-3-5-11/h1-8H,9-10,17H2,(H2,18,20)(H,19,21). The summed E-state index contributed by atoms with van der Waals surface area (Å²) in [5, 5.41) is 2.80. The van der Waals surface area contributed by atoms with Gasteiger partial charge in [0.1, 0.15) is 5.75 Å². The van der Waals surface area contributed by atoms with E-state index in [1.165, 1.54) is 12.1 Å². The van der Waals surface area contributed by atoms with Crippen LogP contribution in [0.4, 0.5) is 5.69 Å². The molecule has 5 N–H and O–H groups in total. The second kappa shape index (κ2) is 7.12. The Morgan fingerprint density at radius 3 is 2.45 bits per heavy atom. The van der Waals surface area contributed by atoms with Crippen LogP contribution in [0.2, 0.25) is 0 Å². The molecule has 2 rings (SSSR count). The molecule has 0 bridgehead atoms. The Hall–Kier alpha value is -3.02. The first-order valence-corrected chi connectivity index (χ1v) is 6.69. The molecule has 0 saturated heterocycles. The van der Waals surface area contributed by atoms with Crippen LogP contribution >= 0.6 is 0 Å². The highest BCUT2D eigenvalue weighted by atomic mass is 16.5. The molecule has 114 valence electrons. The lowest BCUT2D eigenvalue weighted by atomic mass is 10.1. The number of hydrogen-bond donors (Lipinski definition) is 3. The van der Waals surface area contributed by atoms with Crippen molar-refractivity contribution in [2.75, 3.05) is 12.3 Å². The van der Waals surface area contributed by atoms with Gasteiger partial charge in [-0.15, -0.1) is 0 Å². The highest BCUT2D eigenvalue weighted by molar-refractivity contribution is 5.95. The molecular formula is C16H17N3O3. The van der Waals surface area contributed by atoms with E-state index in [1.807, 2.05) is 30.3 Å². The van der Waals surface area contributed by atoms with Crippen LogP contribution in [-0.4, -0.2) is 18.4 Å². The summed E-state index contributed by atoms with van der Waals surface area (Å²) < 4.78 is 5.13. The lowest BCUT2D eigenvalue weighted by Crippen LogP contribution is -2.23. The van der Waals surface area contributed by atoms with E-state index in [0.717, 1.165) is 5.56 Å². The zero-order chi connectivity index (χ0) is 15.9. The molecule has 0 spiro atoms. The number of carbonyl (C=O) groups is 2. The zero-order valence-corrected chi connectivity index (χ0v) is 11.9. The molecule has 0 heterocycles. The Kier molecular flexibility index (Phi) is 4.98. The maximum Gasteiger partial charge on any atom is 0.255 e. The van der Waals surface area contributed by atoms with Crippen LogP contribution in [-0.2, 0) is 11.3 Å². The topological polar surface area (TPSA) is 107 Å². The SMILES string of the molecule is NC(=O)COc1ccc(C(=O)NCc2ccccc2)cc1N. The maximum absolute atomic E-state index is 12.1. The minimum absolute atomic E-state index is 0.239. The van der Waals surface area contributed by atoms with E-state index in [-0.39, 0.29) is 18.2 Å². The molecule has 0 saturated carbocycles. The number of rotatable bonds is 6. The quantitative estimate of drug-likeness (QED) is 0.693. The highest BCUT2D eigenvalue weighted by Gasteiger charge is 2.09. The molecule has 6 nitrogen and oxygen atoms in total. The number of amides is 2. The van der Waals surface area contributed by atoms with Crippen molar-refractivity contribution in [3.8, 4) is 5.75 Å². The van der Waals surface area contributed by atoms with Crippen LogP contribution in [0.3, 0.4) is 0 Å². The van der Waals surface area contributed by atoms with Gasteiger partial charge in [-0.25, -0.2) is 0 Å². The predicted octanol–water partition coefficient (Wildman–Crippen LogP) is 1.06. The molecule has 0 unspecified atom stereocenters. The van der Waals surface area contributed by atoms with Gasteiger partial charge in [-0.05, 0) is 23.8 Å². The number of nitrogen functional groups attached to an aromatic ring is 1. The molecule has 0 radical (unpaired) electrons. The lowest BCUT2D eigenvalue weighted by Gasteiger charge is -2.10. The van der Waals surface area contributed by atoms with Gasteiger partial charge in [0.2, 0.25) is 0 Å². The second-order valence-corrected chi connectivity index (χ2v) is 4.68. The Bertz CT molecular complexity index is 672. The zero-order valence-electron chi connectivity index (χ0n) is 11.9. The van der Waals surface area contributed by atoms with E-state index < -0.39 is 5.91 Å². The van der Waals surface area contributed by atoms with Gasteiger partial charge >= 0.3 is 0 Å². The average Bonchev–Trinajstić information content (AvgIpc) is 2.52. The fraction of sp³-hybridized carbons (Fsp3) is 0.125. The molecule has 0 aliphatic carbocycles. The van der Waals surface area contributed by atoms with E-state index in [4.69, 9.17) is 16.2 Å². The summed E-state index contributed by atoms with van der Waals surface area (Å²) in [6.07, 6.45) is 0. The van der Waals surface area contributed by atoms with Gasteiger partial charge in [-0.1, -0.05) is 30.3 Å². The lowest BCUT2D eigenvalue weighted by molar-refractivity contribution is -0.119. The number of anilines is 1. The van der Waals surface area contributed by atoms with Crippen molar-refractivity contribution in [1.82, 2.24) is 5.32 Å². The number of benzene rings is 2. The molecule has 6 heteroatoms. The van der Waals surface area contributed by atoms with E-state index >= 15 is 0 Å². The second-order valence-electron chi connectivity index (χ2n) is 4.68. The summed E-state index contributed by atoms with van der Waals surface area (Å²) in [6, 6.07) is 14.2. The molecule has 2 aromatic carbocycles. The minimum atomic E-state index is -0.593. The molecule has 0 aliphatic heterocycles. The van der Waals surface area contributed by atoms with Crippen LogP contribution in [0, 0.1) is 0 Å². The van der Waals surface area contributed by atoms with Crippen molar-refractivity contribution >= 4 is 17.5 Å². The monoisotopic (exact) mass is 299 g/mol. The fourth-order valence-corrected chi connectivity index (χ4v) is 1.85. The Balaban J connectivity index is 1.98. The van der Waals surface area contributed by atoms with Crippen LogP contribution in [0.15, 0.2) is 48.5 Å². The molecule has 0 aromatic heterocycles. The van der Waals surface area contributed by atoms with Crippen molar-refractivity contribution in [1.29, 1.82) is 0 Å². The molecule has 22 heavy (non-hydrogen) atoms. The Morgan fingerprint density at radius 1 is 1.09 bits per heavy atom. The summed E-state index contributed by atoms with van der Waals surface area (Å²) in [7, 11) is 0. The van der Waals surface area contributed by atoms with Gasteiger partial charge in [0, 0.05) is 12.1 Å². The highest BCUT2D eigenvalue weighted by Crippen LogP contribution is 2.22. The van der Waals surface area contributed by atoms with Crippen molar-refractivity contribution in [2.24, 2.45) is 5.73 Å². The summed E-state index contributed by atoms with van der Waals surface area (Å²) >= 11 is 0. The van der Waals surface area contributed by atoms with Gasteiger partial charge < -0.3 is 21.5 Å². The van der Waals surface area contributed by atoms with Crippen LogP contribution in [0.25, 0.3) is 0 Å². The summed E-state index contributed by atoms with van der Waals surface area (Å²) in [4.78, 5) is 22.7. The van der Waals surface area contributed by atoms with Crippen LogP contribution in [0.1, 0.15) is 15.9 Å². The first kappa shape index (κ1) is 15.4. The van der Waals surface area contributed by atoms with Crippen molar-refractivity contribution in [3.05, 3.63) is 59.7 Å². The largest absolute Gasteiger partial charge is 0.482 e. The summed E-state index contributed by atoms with van der Waals surface area (Å²) in [6.45, 7) is 0.170. The summed E-state index contributed by atoms with van der Waals surface area (Å²) in [5.74, 6) is -0.514. The van der Waals surface area contributed by atoms with Crippen LogP contribution in [0.5, 0.6) is 5.75 Å². The third-order valence-electron chi connectivity index (χ3n) is 2.94. The molecule has 0 atom stereocenters. The first-order chi connectivity index (χ1) is 10.6. The van der Waals surface area contributed by atoms with E-state index in [2.05, 4.69) is 5.32 Å². The molecular weight excluding hydrogens is 282 g/mol. The van der Waals surface area contributed by atoms with Crippen molar-refractivity contribution in [3.63, 3.8) is 0 Å². The summed E-state index contributed by atoms with van der Waals surface area (Å²) in [5.41, 5.74) is 12.5. The maximum atomic E-state index is 12.1. The molecule has 2 amide bonds. The number of ether oxygens (including phenoxy) is 1. The van der Waals surface area contributed by atoms with Crippen LogP contribution < -0.4 is 21.5 Å². The van der Waals surface area contributed by atoms with Gasteiger partial charge in [-0.2, -0.15) is 0 Å². The van der Waals surface area contributed by atoms with E-state index in [9.17, 15) is 9.59 Å². The fourth-order valence-electron chi connectivity index (χ4n) is 1.85. The Labute approximate surface area is 128 Å². The van der Waals surface area contributed by atoms with Gasteiger partial charge in [0.25, 0.3) is 11.8 Å². The Morgan fingerprint density at radius 2 is 1.82 bits per heavy atom. The minimum Gasteiger partial charge on any atom is -0.482 e. The number of primary amides is 1. The van der Waals surface area contributed by atoms with Gasteiger partial charge in [-0.3, -0.25) is 9.59 Å². The first-order valence-electron chi connectivity index (χ1n) is 6.69. The molecule has 0 fully saturated rings. The van der Waals surface area contributed by atoms with E-state index in [0.29, 0.717) is 17.9 Å². The van der Waals surface area contributed by atoms with Gasteiger partial charge in [0.05, 0.1) is 5.69 Å². The van der Waals surface area contributed by atoms with Crippen molar-refractivity contribution in [2.45, 2.75) is 6.54 Å². The molecule has 2 aromatic rings. The smallest absolute Gasteiger partial charge is 0.255 e. The number of carbonyl (C=O) groups excluding carboxylic acids is 2. The van der Waals surface area contributed by atoms with Gasteiger partial charge in [0.15, 0.2) is 6.61 Å². The number of nitrogens with two attached hydrogens (primary N) is 2. The van der Waals surface area contributed by atoms with Crippen molar-refractivity contribution < 1.29 is 14.3 Å². The third kappa shape index (κ3) is 4.24. The third-order valence-corrected chi connectivity index (χ3v) is 2.94. The average molecular weight is 299 g/mol. The predicted molar refractivity (Wildman–Crippen MR) is 83.2 cm³/mol. The molecule has 0 aliphatic rings.